The highest BCUT2D eigenvalue weighted by atomic mass is 79.9. The molecule has 0 aliphatic rings. The summed E-state index contributed by atoms with van der Waals surface area (Å²) in [6, 6.07) is 5.46. The molecule has 108 valence electrons. The molecule has 1 N–H and O–H groups in total. The van der Waals surface area contributed by atoms with E-state index in [1.54, 1.807) is 29.3 Å². The number of nitrogens with zero attached hydrogens (tertiary/aromatic N) is 2. The number of alkyl halides is 1. The van der Waals surface area contributed by atoms with Crippen molar-refractivity contribution in [2.45, 2.75) is 18.7 Å². The van der Waals surface area contributed by atoms with Crippen LogP contribution in [0.2, 0.25) is 0 Å². The van der Waals surface area contributed by atoms with Crippen molar-refractivity contribution in [1.82, 2.24) is 9.13 Å². The van der Waals surface area contributed by atoms with Crippen LogP contribution in [0, 0.1) is 5.92 Å². The van der Waals surface area contributed by atoms with Gasteiger partial charge in [-0.3, -0.25) is 13.9 Å². The highest BCUT2D eigenvalue weighted by Crippen LogP contribution is 2.20. The number of rotatable bonds is 3. The number of carbonyl (C=O) groups is 1. The lowest BCUT2D eigenvalue weighted by Crippen LogP contribution is -2.26. The number of benzene rings is 1. The fraction of sp³-hybridized carbons (Fsp3) is 0.429. The summed E-state index contributed by atoms with van der Waals surface area (Å²) in [6.45, 7) is 3.95. The van der Waals surface area contributed by atoms with E-state index in [1.165, 1.54) is 0 Å². The zero-order valence-corrected chi connectivity index (χ0v) is 13.6. The monoisotopic (exact) mass is 339 g/mol. The first-order chi connectivity index (χ1) is 9.32. The molecule has 0 fully saturated rings. The van der Waals surface area contributed by atoms with Gasteiger partial charge in [0.2, 0.25) is 5.91 Å². The van der Waals surface area contributed by atoms with E-state index in [0.29, 0.717) is 5.69 Å². The number of halogens is 1. The van der Waals surface area contributed by atoms with Gasteiger partial charge in [-0.15, -0.1) is 0 Å². The SMILES string of the molecule is CC(C)[C@@H](Br)C(=O)Nc1ccc2c(c1)n(C)c(=O)n2C. The maximum absolute atomic E-state index is 12.0. The number of carbonyl (C=O) groups excluding carboxylic acids is 1. The predicted molar refractivity (Wildman–Crippen MR) is 84.3 cm³/mol. The summed E-state index contributed by atoms with van der Waals surface area (Å²) in [5.41, 5.74) is 2.25. The van der Waals surface area contributed by atoms with Gasteiger partial charge in [-0.1, -0.05) is 29.8 Å². The molecule has 1 amide bonds. The van der Waals surface area contributed by atoms with Crippen LogP contribution in [0.15, 0.2) is 23.0 Å². The number of fused-ring (bicyclic) bond motifs is 1. The molecule has 1 heterocycles. The number of hydrogen-bond acceptors (Lipinski definition) is 2. The number of amides is 1. The topological polar surface area (TPSA) is 56.0 Å². The third kappa shape index (κ3) is 2.52. The third-order valence-corrected chi connectivity index (χ3v) is 4.85. The second kappa shape index (κ2) is 5.44. The first-order valence-corrected chi connectivity index (χ1v) is 7.35. The zero-order chi connectivity index (χ0) is 15.0. The smallest absolute Gasteiger partial charge is 0.325 e. The number of hydrogen-bond donors (Lipinski definition) is 1. The van der Waals surface area contributed by atoms with Crippen LogP contribution in [0.5, 0.6) is 0 Å². The van der Waals surface area contributed by atoms with Crippen LogP contribution < -0.4 is 11.0 Å². The van der Waals surface area contributed by atoms with Gasteiger partial charge >= 0.3 is 5.69 Å². The molecule has 0 unspecified atom stereocenters. The van der Waals surface area contributed by atoms with Crippen LogP contribution in [-0.4, -0.2) is 19.9 Å². The Labute approximate surface area is 125 Å². The van der Waals surface area contributed by atoms with E-state index >= 15 is 0 Å². The largest absolute Gasteiger partial charge is 0.328 e. The predicted octanol–water partition coefficient (Wildman–Crippen LogP) is 2.23. The normalized spacial score (nSPS) is 12.9. The number of anilines is 1. The van der Waals surface area contributed by atoms with Gasteiger partial charge in [-0.2, -0.15) is 0 Å². The van der Waals surface area contributed by atoms with Crippen LogP contribution in [0.4, 0.5) is 5.69 Å². The van der Waals surface area contributed by atoms with E-state index in [1.807, 2.05) is 26.0 Å². The number of aromatic nitrogens is 2. The van der Waals surface area contributed by atoms with Crippen molar-refractivity contribution in [3.8, 4) is 0 Å². The molecule has 1 aromatic heterocycles. The van der Waals surface area contributed by atoms with Crippen molar-refractivity contribution in [1.29, 1.82) is 0 Å². The van der Waals surface area contributed by atoms with Crippen LogP contribution in [0.3, 0.4) is 0 Å². The van der Waals surface area contributed by atoms with E-state index in [9.17, 15) is 9.59 Å². The van der Waals surface area contributed by atoms with Gasteiger partial charge in [0.05, 0.1) is 15.9 Å². The Morgan fingerprint density at radius 3 is 2.40 bits per heavy atom. The molecule has 1 atom stereocenters. The average molecular weight is 340 g/mol. The first-order valence-electron chi connectivity index (χ1n) is 6.43. The Bertz CT molecular complexity index is 715. The Kier molecular flexibility index (Phi) is 4.04. The summed E-state index contributed by atoms with van der Waals surface area (Å²) in [6.07, 6.45) is 0. The standard InChI is InChI=1S/C14H18BrN3O2/c1-8(2)12(15)13(19)16-9-5-6-10-11(7-9)18(4)14(20)17(10)3/h5-8,12H,1-4H3,(H,16,19)/t12-/m1/s1. The second-order valence-electron chi connectivity index (χ2n) is 5.24. The minimum atomic E-state index is -0.238. The first kappa shape index (κ1) is 14.8. The lowest BCUT2D eigenvalue weighted by molar-refractivity contribution is -0.116. The van der Waals surface area contributed by atoms with Gasteiger partial charge in [-0.05, 0) is 24.1 Å². The Morgan fingerprint density at radius 2 is 1.80 bits per heavy atom. The van der Waals surface area contributed by atoms with E-state index in [4.69, 9.17) is 0 Å². The van der Waals surface area contributed by atoms with Crippen molar-refractivity contribution in [3.63, 3.8) is 0 Å². The molecule has 5 nitrogen and oxygen atoms in total. The van der Waals surface area contributed by atoms with Gasteiger partial charge in [0.15, 0.2) is 0 Å². The molecule has 6 heteroatoms. The molecule has 0 aliphatic carbocycles. The lowest BCUT2D eigenvalue weighted by Gasteiger charge is -2.13. The van der Waals surface area contributed by atoms with Gasteiger partial charge in [0.25, 0.3) is 0 Å². The van der Waals surface area contributed by atoms with E-state index in [-0.39, 0.29) is 22.3 Å². The highest BCUT2D eigenvalue weighted by Gasteiger charge is 2.19. The molecule has 20 heavy (non-hydrogen) atoms. The molecule has 2 aromatic rings. The summed E-state index contributed by atoms with van der Waals surface area (Å²) in [7, 11) is 3.45. The fourth-order valence-electron chi connectivity index (χ4n) is 2.10. The van der Waals surface area contributed by atoms with Crippen LogP contribution in [0.1, 0.15) is 13.8 Å². The third-order valence-electron chi connectivity index (χ3n) is 3.38. The lowest BCUT2D eigenvalue weighted by atomic mass is 10.1. The van der Waals surface area contributed by atoms with Crippen molar-refractivity contribution in [2.24, 2.45) is 20.0 Å². The van der Waals surface area contributed by atoms with Crippen molar-refractivity contribution < 1.29 is 4.79 Å². The van der Waals surface area contributed by atoms with Gasteiger partial charge in [0, 0.05) is 19.8 Å². The van der Waals surface area contributed by atoms with Gasteiger partial charge in [-0.25, -0.2) is 4.79 Å². The summed E-state index contributed by atoms with van der Waals surface area (Å²) in [5.74, 6) is 0.125. The Hall–Kier alpha value is -1.56. The number of nitrogens with one attached hydrogen (secondary N) is 1. The Morgan fingerprint density at radius 1 is 1.20 bits per heavy atom. The molecule has 0 bridgehead atoms. The summed E-state index contributed by atoms with van der Waals surface area (Å²) in [5, 5.41) is 2.86. The van der Waals surface area contributed by atoms with E-state index < -0.39 is 0 Å². The molecule has 0 spiro atoms. The molecule has 1 aromatic carbocycles. The molecule has 0 radical (unpaired) electrons. The summed E-state index contributed by atoms with van der Waals surface area (Å²) in [4.78, 5) is 23.6. The maximum atomic E-state index is 12.0. The molecule has 0 saturated carbocycles. The van der Waals surface area contributed by atoms with Gasteiger partial charge < -0.3 is 5.32 Å². The van der Waals surface area contributed by atoms with Crippen molar-refractivity contribution in [2.75, 3.05) is 5.32 Å². The van der Waals surface area contributed by atoms with Crippen molar-refractivity contribution >= 4 is 38.6 Å². The molecular weight excluding hydrogens is 322 g/mol. The number of aryl methyl sites for hydroxylation is 2. The van der Waals surface area contributed by atoms with E-state index in [2.05, 4.69) is 21.2 Å². The van der Waals surface area contributed by atoms with Gasteiger partial charge in [0.1, 0.15) is 0 Å². The quantitative estimate of drug-likeness (QED) is 0.872. The fourth-order valence-corrected chi connectivity index (χ4v) is 2.21. The van der Waals surface area contributed by atoms with Crippen LogP contribution >= 0.6 is 15.9 Å². The minimum absolute atomic E-state index is 0.0796. The summed E-state index contributed by atoms with van der Waals surface area (Å²) >= 11 is 3.37. The summed E-state index contributed by atoms with van der Waals surface area (Å²) < 4.78 is 3.15. The zero-order valence-electron chi connectivity index (χ0n) is 12.0. The highest BCUT2D eigenvalue weighted by molar-refractivity contribution is 9.10. The molecule has 0 aliphatic heterocycles. The molecule has 2 rings (SSSR count). The second-order valence-corrected chi connectivity index (χ2v) is 6.23. The van der Waals surface area contributed by atoms with Crippen LogP contribution in [0.25, 0.3) is 11.0 Å². The van der Waals surface area contributed by atoms with E-state index in [0.717, 1.165) is 11.0 Å². The minimum Gasteiger partial charge on any atom is -0.325 e. The molecule has 0 saturated heterocycles. The van der Waals surface area contributed by atoms with Crippen LogP contribution in [-0.2, 0) is 18.9 Å². The van der Waals surface area contributed by atoms with Crippen molar-refractivity contribution in [3.05, 3.63) is 28.7 Å². The molecular formula is C14H18BrN3O2. The Balaban J connectivity index is 2.36. The maximum Gasteiger partial charge on any atom is 0.328 e. The average Bonchev–Trinajstić information content (AvgIpc) is 2.62. The number of imidazole rings is 1.